The number of benzene rings is 1. The number of methoxy groups -OCH3 is 1. The maximum atomic E-state index is 12.8. The normalized spacial score (nSPS) is 18.4. The van der Waals surface area contributed by atoms with E-state index in [1.54, 1.807) is 25.4 Å². The number of carbonyl (C=O) groups is 1. The maximum Gasteiger partial charge on any atom is 0.255 e. The van der Waals surface area contributed by atoms with Crippen LogP contribution < -0.4 is 20.7 Å². The summed E-state index contributed by atoms with van der Waals surface area (Å²) in [5.74, 6) is 1.52. The summed E-state index contributed by atoms with van der Waals surface area (Å²) in [5.41, 5.74) is 1.30. The van der Waals surface area contributed by atoms with E-state index in [0.717, 1.165) is 25.2 Å². The molecule has 2 aromatic rings. The number of hydrogen-bond donors (Lipinski definition) is 3. The molecule has 3 N–H and O–H groups in total. The summed E-state index contributed by atoms with van der Waals surface area (Å²) in [4.78, 5) is 17.1. The van der Waals surface area contributed by atoms with Crippen LogP contribution in [0.25, 0.3) is 0 Å². The number of ether oxygens (including phenoxy) is 1. The Labute approximate surface area is 172 Å². The van der Waals surface area contributed by atoms with E-state index < -0.39 is 0 Å². The summed E-state index contributed by atoms with van der Waals surface area (Å²) >= 11 is 0. The molecule has 1 amide bonds. The summed E-state index contributed by atoms with van der Waals surface area (Å²) in [6, 6.07) is 11.3. The summed E-state index contributed by atoms with van der Waals surface area (Å²) in [7, 11) is 1.62. The fourth-order valence-corrected chi connectivity index (χ4v) is 3.04. The van der Waals surface area contributed by atoms with Gasteiger partial charge in [-0.3, -0.25) is 4.79 Å². The third kappa shape index (κ3) is 5.73. The van der Waals surface area contributed by atoms with Crippen molar-refractivity contribution in [2.24, 2.45) is 5.92 Å². The highest BCUT2D eigenvalue weighted by molar-refractivity contribution is 5.99. The predicted octanol–water partition coefficient (Wildman–Crippen LogP) is 3.41. The van der Waals surface area contributed by atoms with Crippen LogP contribution >= 0.6 is 24.8 Å². The molecule has 6 nitrogen and oxygen atoms in total. The van der Waals surface area contributed by atoms with Crippen LogP contribution in [-0.2, 0) is 0 Å². The second kappa shape index (κ2) is 11.0. The number of para-hydroxylation sites is 2. The Morgan fingerprint density at radius 3 is 2.74 bits per heavy atom. The molecule has 1 fully saturated rings. The highest BCUT2D eigenvalue weighted by Crippen LogP contribution is 2.27. The summed E-state index contributed by atoms with van der Waals surface area (Å²) in [6.07, 6.45) is 2.60. The predicted molar refractivity (Wildman–Crippen MR) is 113 cm³/mol. The topological polar surface area (TPSA) is 75.3 Å². The lowest BCUT2D eigenvalue weighted by atomic mass is 9.95. The molecule has 1 aromatic heterocycles. The fraction of sp³-hybridized carbons (Fsp3) is 0.368. The highest BCUT2D eigenvalue weighted by atomic mass is 35.5. The number of anilines is 2. The Morgan fingerprint density at radius 2 is 2.00 bits per heavy atom. The molecule has 148 valence electrons. The quantitative estimate of drug-likeness (QED) is 0.701. The zero-order chi connectivity index (χ0) is 17.6. The van der Waals surface area contributed by atoms with E-state index in [0.29, 0.717) is 23.0 Å². The second-order valence-electron chi connectivity index (χ2n) is 6.27. The number of carbonyl (C=O) groups excluding carboxylic acids is 1. The number of nitrogens with zero attached hydrogens (tertiary/aromatic N) is 1. The van der Waals surface area contributed by atoms with Crippen LogP contribution in [-0.4, -0.2) is 37.1 Å². The number of pyridine rings is 1. The zero-order valence-corrected chi connectivity index (χ0v) is 17.0. The monoisotopic (exact) mass is 412 g/mol. The Bertz CT molecular complexity index is 745. The van der Waals surface area contributed by atoms with Crippen molar-refractivity contribution in [1.82, 2.24) is 15.6 Å². The Balaban J connectivity index is 0.00000182. The van der Waals surface area contributed by atoms with Crippen molar-refractivity contribution in [2.45, 2.75) is 19.4 Å². The molecule has 27 heavy (non-hydrogen) atoms. The van der Waals surface area contributed by atoms with Gasteiger partial charge in [0.2, 0.25) is 0 Å². The number of amides is 1. The molecule has 8 heteroatoms. The fourth-order valence-electron chi connectivity index (χ4n) is 3.04. The van der Waals surface area contributed by atoms with Crippen molar-refractivity contribution in [1.29, 1.82) is 0 Å². The molecule has 2 heterocycles. The van der Waals surface area contributed by atoms with Crippen LogP contribution in [0.3, 0.4) is 0 Å². The van der Waals surface area contributed by atoms with Gasteiger partial charge in [0.1, 0.15) is 11.6 Å². The minimum Gasteiger partial charge on any atom is -0.495 e. The molecule has 2 atom stereocenters. The molecule has 1 aliphatic rings. The van der Waals surface area contributed by atoms with Gasteiger partial charge in [-0.25, -0.2) is 4.98 Å². The van der Waals surface area contributed by atoms with Gasteiger partial charge in [0.15, 0.2) is 0 Å². The number of hydrogen-bond acceptors (Lipinski definition) is 5. The van der Waals surface area contributed by atoms with Gasteiger partial charge in [-0.1, -0.05) is 19.1 Å². The molecule has 0 radical (unpaired) electrons. The van der Waals surface area contributed by atoms with Gasteiger partial charge in [-0.05, 0) is 49.7 Å². The van der Waals surface area contributed by atoms with Crippen molar-refractivity contribution >= 4 is 42.2 Å². The molecule has 0 bridgehead atoms. The largest absolute Gasteiger partial charge is 0.495 e. The first-order chi connectivity index (χ1) is 12.2. The van der Waals surface area contributed by atoms with Gasteiger partial charge in [0.25, 0.3) is 5.91 Å². The first kappa shape index (κ1) is 23.0. The number of halogens is 2. The van der Waals surface area contributed by atoms with Gasteiger partial charge in [0, 0.05) is 12.2 Å². The van der Waals surface area contributed by atoms with Crippen molar-refractivity contribution in [3.05, 3.63) is 48.2 Å². The average molecular weight is 413 g/mol. The lowest BCUT2D eigenvalue weighted by Crippen LogP contribution is -2.48. The second-order valence-corrected chi connectivity index (χ2v) is 6.27. The van der Waals surface area contributed by atoms with E-state index in [1.165, 1.54) is 0 Å². The smallest absolute Gasteiger partial charge is 0.255 e. The summed E-state index contributed by atoms with van der Waals surface area (Å²) in [5, 5.41) is 9.71. The molecule has 1 aliphatic heterocycles. The van der Waals surface area contributed by atoms with E-state index in [-0.39, 0.29) is 36.8 Å². The minimum absolute atomic E-state index is 0. The van der Waals surface area contributed by atoms with E-state index in [2.05, 4.69) is 27.9 Å². The lowest BCUT2D eigenvalue weighted by Gasteiger charge is -2.30. The Hall–Kier alpha value is -2.02. The van der Waals surface area contributed by atoms with Crippen LogP contribution in [0.15, 0.2) is 42.6 Å². The molecule has 3 rings (SSSR count). The van der Waals surface area contributed by atoms with Gasteiger partial charge in [-0.15, -0.1) is 24.8 Å². The summed E-state index contributed by atoms with van der Waals surface area (Å²) in [6.45, 7) is 3.99. The van der Waals surface area contributed by atoms with E-state index >= 15 is 0 Å². The minimum atomic E-state index is -0.107. The molecular weight excluding hydrogens is 387 g/mol. The van der Waals surface area contributed by atoms with Crippen LogP contribution in [0.4, 0.5) is 11.5 Å². The SMILES string of the molecule is COc1ccccc1Nc1ncccc1C(=O)NC1CCNCC1C.Cl.Cl. The number of nitrogens with one attached hydrogen (secondary N) is 3. The first-order valence-corrected chi connectivity index (χ1v) is 8.55. The van der Waals surface area contributed by atoms with Crippen LogP contribution in [0.2, 0.25) is 0 Å². The van der Waals surface area contributed by atoms with Crippen molar-refractivity contribution < 1.29 is 9.53 Å². The van der Waals surface area contributed by atoms with Crippen LogP contribution in [0.1, 0.15) is 23.7 Å². The molecule has 2 unspecified atom stereocenters. The van der Waals surface area contributed by atoms with Gasteiger partial charge < -0.3 is 20.7 Å². The van der Waals surface area contributed by atoms with Gasteiger partial charge >= 0.3 is 0 Å². The maximum absolute atomic E-state index is 12.8. The molecule has 1 aromatic carbocycles. The van der Waals surface area contributed by atoms with Crippen LogP contribution in [0, 0.1) is 5.92 Å². The zero-order valence-electron chi connectivity index (χ0n) is 15.4. The van der Waals surface area contributed by atoms with Gasteiger partial charge in [0.05, 0.1) is 18.4 Å². The van der Waals surface area contributed by atoms with Crippen molar-refractivity contribution in [3.8, 4) is 5.75 Å². The molecule has 0 saturated carbocycles. The van der Waals surface area contributed by atoms with E-state index in [4.69, 9.17) is 4.74 Å². The summed E-state index contributed by atoms with van der Waals surface area (Å²) < 4.78 is 5.36. The average Bonchev–Trinajstić information content (AvgIpc) is 2.64. The van der Waals surface area contributed by atoms with E-state index in [9.17, 15) is 4.79 Å². The van der Waals surface area contributed by atoms with Crippen molar-refractivity contribution in [2.75, 3.05) is 25.5 Å². The highest BCUT2D eigenvalue weighted by Gasteiger charge is 2.24. The third-order valence-corrected chi connectivity index (χ3v) is 4.51. The number of aromatic nitrogens is 1. The standard InChI is InChI=1S/C19H24N4O2.2ClH/c1-13-12-20-11-9-15(13)23-19(24)14-6-5-10-21-18(14)22-16-7-3-4-8-17(16)25-2;;/h3-8,10,13,15,20H,9,11-12H2,1-2H3,(H,21,22)(H,23,24);2*1H. The third-order valence-electron chi connectivity index (χ3n) is 4.51. The molecule has 0 spiro atoms. The molecular formula is C19H26Cl2N4O2. The first-order valence-electron chi connectivity index (χ1n) is 8.55. The Morgan fingerprint density at radius 1 is 1.22 bits per heavy atom. The van der Waals surface area contributed by atoms with E-state index in [1.807, 2.05) is 24.3 Å². The molecule has 1 saturated heterocycles. The van der Waals surface area contributed by atoms with Crippen LogP contribution in [0.5, 0.6) is 5.75 Å². The van der Waals surface area contributed by atoms with Gasteiger partial charge in [-0.2, -0.15) is 0 Å². The van der Waals surface area contributed by atoms with Crippen molar-refractivity contribution in [3.63, 3.8) is 0 Å². The molecule has 0 aliphatic carbocycles. The lowest BCUT2D eigenvalue weighted by molar-refractivity contribution is 0.0915. The number of piperidine rings is 1. The number of rotatable bonds is 5. The Kier molecular flexibility index (Phi) is 9.35.